The Balaban J connectivity index is 2.90. The van der Waals surface area contributed by atoms with Crippen LogP contribution in [-0.4, -0.2) is 17.6 Å². The van der Waals surface area contributed by atoms with Gasteiger partial charge < -0.3 is 10.5 Å². The molecule has 1 aromatic heterocycles. The van der Waals surface area contributed by atoms with Crippen LogP contribution in [0, 0.1) is 0 Å². The van der Waals surface area contributed by atoms with Crippen molar-refractivity contribution in [2.45, 2.75) is 32.5 Å². The van der Waals surface area contributed by atoms with Crippen molar-refractivity contribution in [3.63, 3.8) is 0 Å². The van der Waals surface area contributed by atoms with Gasteiger partial charge in [0, 0.05) is 18.9 Å². The predicted octanol–water partition coefficient (Wildman–Crippen LogP) is 1.68. The van der Waals surface area contributed by atoms with Crippen LogP contribution in [0.25, 0.3) is 0 Å². The molecule has 3 heteroatoms. The van der Waals surface area contributed by atoms with E-state index in [0.717, 1.165) is 5.56 Å². The summed E-state index contributed by atoms with van der Waals surface area (Å²) < 4.78 is 5.82. The molecule has 14 heavy (non-hydrogen) atoms. The number of ether oxygens (including phenoxy) is 1. The summed E-state index contributed by atoms with van der Waals surface area (Å²) in [6.07, 6.45) is 3.68. The van der Waals surface area contributed by atoms with Crippen molar-refractivity contribution in [2.24, 2.45) is 5.73 Å². The quantitative estimate of drug-likeness (QED) is 0.793. The third-order valence-corrected chi connectivity index (χ3v) is 2.18. The number of aromatic nitrogens is 1. The Labute approximate surface area is 85.3 Å². The lowest BCUT2D eigenvalue weighted by molar-refractivity contribution is -0.0665. The first-order valence-electron chi connectivity index (χ1n) is 4.87. The van der Waals surface area contributed by atoms with Crippen LogP contribution in [0.3, 0.4) is 0 Å². The molecule has 0 saturated heterocycles. The Kier molecular flexibility index (Phi) is 3.61. The number of pyridine rings is 1. The molecule has 1 aromatic rings. The fourth-order valence-electron chi connectivity index (χ4n) is 1.46. The largest absolute Gasteiger partial charge is 0.367 e. The maximum absolute atomic E-state index is 5.82. The minimum atomic E-state index is -0.406. The molecule has 1 heterocycles. The van der Waals surface area contributed by atoms with Crippen LogP contribution >= 0.6 is 0 Å². The maximum atomic E-state index is 5.82. The van der Waals surface area contributed by atoms with E-state index in [2.05, 4.69) is 4.98 Å². The molecule has 0 aliphatic rings. The Morgan fingerprint density at radius 2 is 2.00 bits per heavy atom. The molecule has 0 radical (unpaired) electrons. The summed E-state index contributed by atoms with van der Waals surface area (Å²) in [5.74, 6) is 0. The molecule has 2 N–H and O–H groups in total. The molecule has 0 aromatic carbocycles. The van der Waals surface area contributed by atoms with Crippen molar-refractivity contribution in [1.29, 1.82) is 0 Å². The summed E-state index contributed by atoms with van der Waals surface area (Å²) in [5.41, 5.74) is 6.41. The smallest absolute Gasteiger partial charge is 0.103 e. The molecule has 0 amide bonds. The maximum Gasteiger partial charge on any atom is 0.103 e. The lowest BCUT2D eigenvalue weighted by Crippen LogP contribution is -2.37. The number of hydrogen-bond donors (Lipinski definition) is 1. The van der Waals surface area contributed by atoms with Gasteiger partial charge in [-0.2, -0.15) is 0 Å². The molecular formula is C11H18N2O. The Morgan fingerprint density at radius 3 is 2.43 bits per heavy atom. The van der Waals surface area contributed by atoms with Gasteiger partial charge >= 0.3 is 0 Å². The lowest BCUT2D eigenvalue weighted by atomic mass is 9.97. The highest BCUT2D eigenvalue weighted by Crippen LogP contribution is 2.24. The van der Waals surface area contributed by atoms with Crippen LogP contribution in [0.5, 0.6) is 0 Å². The average Bonchev–Trinajstić information content (AvgIpc) is 2.18. The number of hydrogen-bond acceptors (Lipinski definition) is 3. The third-order valence-electron chi connectivity index (χ3n) is 2.18. The molecule has 0 aliphatic heterocycles. The molecule has 1 atom stereocenters. The monoisotopic (exact) mass is 194 g/mol. The minimum Gasteiger partial charge on any atom is -0.367 e. The Hall–Kier alpha value is -0.930. The summed E-state index contributed by atoms with van der Waals surface area (Å²) in [5, 5.41) is 0. The van der Waals surface area contributed by atoms with Gasteiger partial charge in [0.15, 0.2) is 0 Å². The number of rotatable bonds is 4. The van der Waals surface area contributed by atoms with Crippen LogP contribution in [0.4, 0.5) is 0 Å². The zero-order valence-corrected chi connectivity index (χ0v) is 9.03. The first-order valence-corrected chi connectivity index (χ1v) is 4.87. The van der Waals surface area contributed by atoms with Crippen molar-refractivity contribution in [3.8, 4) is 0 Å². The molecule has 1 unspecified atom stereocenters. The molecule has 3 nitrogen and oxygen atoms in total. The van der Waals surface area contributed by atoms with Crippen molar-refractivity contribution < 1.29 is 4.74 Å². The van der Waals surface area contributed by atoms with Crippen molar-refractivity contribution >= 4 is 0 Å². The van der Waals surface area contributed by atoms with E-state index in [1.54, 1.807) is 12.4 Å². The van der Waals surface area contributed by atoms with Gasteiger partial charge in [0.2, 0.25) is 0 Å². The second kappa shape index (κ2) is 4.53. The zero-order chi connectivity index (χ0) is 10.6. The standard InChI is InChI=1S/C11H18N2O/c1-9(2)14-11(3,8-12)10-4-6-13-7-5-10/h4-7,9H,8,12H2,1-3H3. The topological polar surface area (TPSA) is 48.1 Å². The van der Waals surface area contributed by atoms with E-state index in [1.807, 2.05) is 32.9 Å². The molecule has 1 rings (SSSR count). The van der Waals surface area contributed by atoms with Crippen LogP contribution < -0.4 is 5.73 Å². The van der Waals surface area contributed by atoms with Crippen LogP contribution in [-0.2, 0) is 10.3 Å². The normalized spacial score (nSPS) is 15.5. The minimum absolute atomic E-state index is 0.164. The van der Waals surface area contributed by atoms with Crippen LogP contribution in [0.15, 0.2) is 24.5 Å². The summed E-state index contributed by atoms with van der Waals surface area (Å²) in [6.45, 7) is 6.49. The number of nitrogens with zero attached hydrogens (tertiary/aromatic N) is 1. The molecule has 0 fully saturated rings. The highest BCUT2D eigenvalue weighted by molar-refractivity contribution is 5.19. The summed E-state index contributed by atoms with van der Waals surface area (Å²) in [4.78, 5) is 3.98. The third kappa shape index (κ3) is 2.53. The van der Waals surface area contributed by atoms with E-state index in [-0.39, 0.29) is 6.10 Å². The van der Waals surface area contributed by atoms with Gasteiger partial charge in [0.1, 0.15) is 5.60 Å². The lowest BCUT2D eigenvalue weighted by Gasteiger charge is -2.31. The van der Waals surface area contributed by atoms with Crippen LogP contribution in [0.1, 0.15) is 26.3 Å². The van der Waals surface area contributed by atoms with Gasteiger partial charge in [-0.15, -0.1) is 0 Å². The van der Waals surface area contributed by atoms with E-state index >= 15 is 0 Å². The highest BCUT2D eigenvalue weighted by Gasteiger charge is 2.26. The van der Waals surface area contributed by atoms with E-state index in [0.29, 0.717) is 6.54 Å². The molecule has 0 aliphatic carbocycles. The van der Waals surface area contributed by atoms with Gasteiger partial charge in [0.25, 0.3) is 0 Å². The van der Waals surface area contributed by atoms with Gasteiger partial charge in [-0.25, -0.2) is 0 Å². The number of nitrogens with two attached hydrogens (primary N) is 1. The Morgan fingerprint density at radius 1 is 1.43 bits per heavy atom. The fourth-order valence-corrected chi connectivity index (χ4v) is 1.46. The van der Waals surface area contributed by atoms with Gasteiger partial charge in [0.05, 0.1) is 6.10 Å². The van der Waals surface area contributed by atoms with Crippen molar-refractivity contribution in [3.05, 3.63) is 30.1 Å². The second-order valence-corrected chi connectivity index (χ2v) is 3.84. The molecule has 0 saturated carbocycles. The van der Waals surface area contributed by atoms with Gasteiger partial charge in [-0.3, -0.25) is 4.98 Å². The second-order valence-electron chi connectivity index (χ2n) is 3.84. The summed E-state index contributed by atoms with van der Waals surface area (Å²) in [7, 11) is 0. The van der Waals surface area contributed by atoms with E-state index in [9.17, 15) is 0 Å². The summed E-state index contributed by atoms with van der Waals surface area (Å²) in [6, 6.07) is 3.88. The first kappa shape index (κ1) is 11.1. The van der Waals surface area contributed by atoms with E-state index in [1.165, 1.54) is 0 Å². The molecule has 0 bridgehead atoms. The molecule has 0 spiro atoms. The van der Waals surface area contributed by atoms with E-state index in [4.69, 9.17) is 10.5 Å². The Bertz CT molecular complexity index is 274. The average molecular weight is 194 g/mol. The van der Waals surface area contributed by atoms with E-state index < -0.39 is 5.60 Å². The fraction of sp³-hybridized carbons (Fsp3) is 0.545. The SMILES string of the molecule is CC(C)OC(C)(CN)c1ccncc1. The van der Waals surface area contributed by atoms with Gasteiger partial charge in [-0.1, -0.05) is 0 Å². The van der Waals surface area contributed by atoms with Crippen LogP contribution in [0.2, 0.25) is 0 Å². The van der Waals surface area contributed by atoms with Crippen molar-refractivity contribution in [1.82, 2.24) is 4.98 Å². The molecule has 78 valence electrons. The highest BCUT2D eigenvalue weighted by atomic mass is 16.5. The van der Waals surface area contributed by atoms with Gasteiger partial charge in [-0.05, 0) is 38.5 Å². The molecular weight excluding hydrogens is 176 g/mol. The summed E-state index contributed by atoms with van der Waals surface area (Å²) >= 11 is 0. The zero-order valence-electron chi connectivity index (χ0n) is 9.03. The first-order chi connectivity index (χ1) is 6.58. The van der Waals surface area contributed by atoms with Crippen molar-refractivity contribution in [2.75, 3.05) is 6.54 Å². The predicted molar refractivity (Wildman–Crippen MR) is 56.9 cm³/mol.